The molecular weight excluding hydrogens is 890 g/mol. The first kappa shape index (κ1) is 70.9. The number of nitrogens with one attached hydrogen (secondary N) is 3. The molecule has 1 rings (SSSR count). The number of halogens is 4. The minimum Gasteiger partial charge on any atom is -0.490 e. The van der Waals surface area contributed by atoms with Crippen molar-refractivity contribution in [3.63, 3.8) is 0 Å². The Morgan fingerprint density at radius 1 is 0.385 bits per heavy atom. The average Bonchev–Trinajstić information content (AvgIpc) is 3.27. The summed E-state index contributed by atoms with van der Waals surface area (Å²) in [7, 11) is 0. The van der Waals surface area contributed by atoms with Crippen molar-refractivity contribution in [1.29, 1.82) is 0 Å². The van der Waals surface area contributed by atoms with Crippen molar-refractivity contribution < 1.29 is 9.47 Å². The predicted molar refractivity (Wildman–Crippen MR) is 300 cm³/mol. The molecule has 0 unspecified atom stereocenters. The summed E-state index contributed by atoms with van der Waals surface area (Å²) in [5.41, 5.74) is 6.84. The van der Waals surface area contributed by atoms with Gasteiger partial charge in [0.25, 0.3) is 0 Å². The summed E-state index contributed by atoms with van der Waals surface area (Å²) in [5, 5.41) is 10.8. The third kappa shape index (κ3) is 52.5. The molecule has 0 saturated heterocycles. The van der Waals surface area contributed by atoms with Gasteiger partial charge in [-0.2, -0.15) is 0 Å². The number of nitrogens with two attached hydrogens (primary N) is 1. The summed E-state index contributed by atoms with van der Waals surface area (Å²) in [6.07, 6.45) is 53.9. The fourth-order valence-electron chi connectivity index (χ4n) is 7.83. The Morgan fingerprint density at radius 3 is 1.12 bits per heavy atom. The zero-order valence-corrected chi connectivity index (χ0v) is 45.7. The number of unbranched alkanes of at least 4 members (excludes halogenated alkanes) is 27. The zero-order valence-electron chi connectivity index (χ0n) is 42.5. The van der Waals surface area contributed by atoms with Crippen LogP contribution in [0.5, 0.6) is 11.5 Å². The van der Waals surface area contributed by atoms with Gasteiger partial charge in [-0.15, -0.1) is 49.6 Å². The Labute approximate surface area is 429 Å². The van der Waals surface area contributed by atoms with E-state index in [1.807, 2.05) is 0 Å². The topological polar surface area (TPSA) is 80.6 Å². The number of ether oxygens (including phenoxy) is 2. The largest absolute Gasteiger partial charge is 0.490 e. The number of allylic oxidation sites excluding steroid dienone is 4. The Bertz CT molecular complexity index is 1080. The van der Waals surface area contributed by atoms with Gasteiger partial charge in [-0.3, -0.25) is 0 Å². The molecule has 0 bridgehead atoms. The highest BCUT2D eigenvalue weighted by atomic mass is 35.5. The molecule has 0 aromatic heterocycles. The number of hydrogen-bond acceptors (Lipinski definition) is 6. The monoisotopic (exact) mass is 997 g/mol. The summed E-state index contributed by atoms with van der Waals surface area (Å²) in [5.74, 6) is 1.83. The molecule has 1 aromatic rings. The summed E-state index contributed by atoms with van der Waals surface area (Å²) in [4.78, 5) is 0. The van der Waals surface area contributed by atoms with Gasteiger partial charge in [0.05, 0.1) is 13.2 Å². The summed E-state index contributed by atoms with van der Waals surface area (Å²) < 4.78 is 12.8. The van der Waals surface area contributed by atoms with Crippen molar-refractivity contribution in [3.05, 3.63) is 48.1 Å². The van der Waals surface area contributed by atoms with Gasteiger partial charge in [0.2, 0.25) is 0 Å². The normalized spacial score (nSPS) is 11.1. The first-order chi connectivity index (χ1) is 30.3. The minimum atomic E-state index is 0. The van der Waals surface area contributed by atoms with Gasteiger partial charge in [0.1, 0.15) is 0 Å². The minimum absolute atomic E-state index is 0. The number of benzene rings is 1. The first-order valence-electron chi connectivity index (χ1n) is 26.8. The van der Waals surface area contributed by atoms with Crippen molar-refractivity contribution in [1.82, 2.24) is 16.0 Å². The predicted octanol–water partition coefficient (Wildman–Crippen LogP) is 16.8. The zero-order chi connectivity index (χ0) is 43.6. The van der Waals surface area contributed by atoms with Crippen LogP contribution >= 0.6 is 49.6 Å². The Hall–Kier alpha value is -0.700. The van der Waals surface area contributed by atoms with Gasteiger partial charge in [0.15, 0.2) is 11.5 Å². The van der Waals surface area contributed by atoms with Crippen LogP contribution in [0.4, 0.5) is 0 Å². The lowest BCUT2D eigenvalue weighted by Gasteiger charge is -2.15. The Morgan fingerprint density at radius 2 is 0.723 bits per heavy atom. The van der Waals surface area contributed by atoms with Crippen LogP contribution in [0.15, 0.2) is 42.5 Å². The fraction of sp³-hybridized carbons (Fsp3) is 0.818. The summed E-state index contributed by atoms with van der Waals surface area (Å²) >= 11 is 0. The van der Waals surface area contributed by atoms with E-state index in [4.69, 9.17) is 15.2 Å². The van der Waals surface area contributed by atoms with Gasteiger partial charge in [-0.05, 0) is 160 Å². The molecule has 0 saturated carbocycles. The van der Waals surface area contributed by atoms with E-state index in [0.717, 1.165) is 89.8 Å². The molecule has 10 heteroatoms. The van der Waals surface area contributed by atoms with E-state index >= 15 is 0 Å². The third-order valence-corrected chi connectivity index (χ3v) is 11.9. The number of hydrogen-bond donors (Lipinski definition) is 4. The quantitative estimate of drug-likeness (QED) is 0.0385. The van der Waals surface area contributed by atoms with Crippen LogP contribution in [0.1, 0.15) is 238 Å². The van der Waals surface area contributed by atoms with Gasteiger partial charge in [0, 0.05) is 6.54 Å². The van der Waals surface area contributed by atoms with E-state index in [-0.39, 0.29) is 49.6 Å². The van der Waals surface area contributed by atoms with Crippen molar-refractivity contribution >= 4 is 49.6 Å². The molecule has 0 aliphatic rings. The van der Waals surface area contributed by atoms with Crippen LogP contribution in [-0.2, 0) is 6.54 Å². The molecular formula is C55H108Cl4N4O2. The molecule has 0 heterocycles. The summed E-state index contributed by atoms with van der Waals surface area (Å²) in [6.45, 7) is 13.3. The van der Waals surface area contributed by atoms with E-state index < -0.39 is 0 Å². The van der Waals surface area contributed by atoms with E-state index in [1.165, 1.54) is 205 Å². The maximum Gasteiger partial charge on any atom is 0.161 e. The Kier molecular flexibility index (Phi) is 66.8. The molecule has 0 aliphatic carbocycles. The van der Waals surface area contributed by atoms with Crippen LogP contribution in [0.25, 0.3) is 0 Å². The molecule has 0 radical (unpaired) electrons. The smallest absolute Gasteiger partial charge is 0.161 e. The average molecular weight is 999 g/mol. The third-order valence-electron chi connectivity index (χ3n) is 11.9. The van der Waals surface area contributed by atoms with Crippen molar-refractivity contribution in [2.24, 2.45) is 5.73 Å². The lowest BCUT2D eigenvalue weighted by Crippen LogP contribution is -2.21. The molecule has 5 N–H and O–H groups in total. The molecule has 0 spiro atoms. The van der Waals surface area contributed by atoms with E-state index in [0.29, 0.717) is 0 Å². The first-order valence-corrected chi connectivity index (χ1v) is 26.8. The van der Waals surface area contributed by atoms with E-state index in [1.54, 1.807) is 0 Å². The van der Waals surface area contributed by atoms with Gasteiger partial charge in [-0.1, -0.05) is 160 Å². The van der Waals surface area contributed by atoms with Crippen LogP contribution < -0.4 is 31.2 Å². The fourth-order valence-corrected chi connectivity index (χ4v) is 7.83. The standard InChI is InChI=1S/C55H104N4O2.4ClH/c1-3-5-7-9-11-13-15-17-19-21-23-25-27-29-31-39-49-60-54-42-41-53(52-59-48-38-37-47-58-46-36-35-45-57-44-34-33-43-56)51-55(54)61-50-40-32-30-28-26-24-22-20-18-16-14-12-10-8-6-4-2;;;;/h17-20,41-42,51,57-59H,3-16,21-40,43-50,52,56H2,1-2H3;4*1H. The van der Waals surface area contributed by atoms with Crippen LogP contribution in [0.2, 0.25) is 0 Å². The van der Waals surface area contributed by atoms with E-state index in [2.05, 4.69) is 72.3 Å². The molecule has 0 atom stereocenters. The van der Waals surface area contributed by atoms with Crippen molar-refractivity contribution in [2.45, 2.75) is 239 Å². The molecule has 65 heavy (non-hydrogen) atoms. The molecule has 388 valence electrons. The van der Waals surface area contributed by atoms with Gasteiger partial charge >= 0.3 is 0 Å². The molecule has 0 fully saturated rings. The highest BCUT2D eigenvalue weighted by molar-refractivity contribution is 5.86. The molecule has 0 amide bonds. The lowest BCUT2D eigenvalue weighted by molar-refractivity contribution is 0.258. The van der Waals surface area contributed by atoms with Crippen LogP contribution in [-0.4, -0.2) is 52.5 Å². The van der Waals surface area contributed by atoms with Gasteiger partial charge in [-0.25, -0.2) is 0 Å². The Balaban J connectivity index is -0.00000465. The second kappa shape index (κ2) is 61.3. The second-order valence-corrected chi connectivity index (χ2v) is 17.9. The van der Waals surface area contributed by atoms with Gasteiger partial charge < -0.3 is 31.2 Å². The molecule has 0 aliphatic heterocycles. The molecule has 1 aromatic carbocycles. The highest BCUT2D eigenvalue weighted by Gasteiger charge is 2.08. The highest BCUT2D eigenvalue weighted by Crippen LogP contribution is 2.29. The van der Waals surface area contributed by atoms with Crippen LogP contribution in [0, 0.1) is 0 Å². The number of rotatable bonds is 50. The van der Waals surface area contributed by atoms with E-state index in [9.17, 15) is 0 Å². The SMILES string of the molecule is CCCCCCCCC=CCCCCCCCCOc1ccc(CNCCCCNCCCCNCCCCN)cc1OCCCCCCCCC=CCCCCCCCC.Cl.Cl.Cl.Cl. The van der Waals surface area contributed by atoms with Crippen LogP contribution in [0.3, 0.4) is 0 Å². The maximum absolute atomic E-state index is 6.43. The van der Waals surface area contributed by atoms with Crippen molar-refractivity contribution in [3.8, 4) is 11.5 Å². The second-order valence-electron chi connectivity index (χ2n) is 17.9. The molecule has 6 nitrogen and oxygen atoms in total. The summed E-state index contributed by atoms with van der Waals surface area (Å²) in [6, 6.07) is 6.59. The maximum atomic E-state index is 6.43. The van der Waals surface area contributed by atoms with Crippen molar-refractivity contribution in [2.75, 3.05) is 52.5 Å². The lowest BCUT2D eigenvalue weighted by atomic mass is 10.1.